The Bertz CT molecular complexity index is 590. The van der Waals surface area contributed by atoms with Crippen LogP contribution >= 0.6 is 11.5 Å². The van der Waals surface area contributed by atoms with Gasteiger partial charge >= 0.3 is 0 Å². The largest absolute Gasteiger partial charge is 0.191 e. The number of benzene rings is 1. The Morgan fingerprint density at radius 2 is 1.87 bits per heavy atom. The van der Waals surface area contributed by atoms with Gasteiger partial charge in [0.2, 0.25) is 0 Å². The van der Waals surface area contributed by atoms with Crippen molar-refractivity contribution in [2.24, 2.45) is 0 Å². The molecule has 2 aromatic heterocycles. The van der Waals surface area contributed by atoms with Crippen molar-refractivity contribution in [3.63, 3.8) is 0 Å². The summed E-state index contributed by atoms with van der Waals surface area (Å²) < 4.78 is 4.23. The predicted molar refractivity (Wildman–Crippen MR) is 60.6 cm³/mol. The van der Waals surface area contributed by atoms with Gasteiger partial charge in [-0.2, -0.15) is 4.37 Å². The first kappa shape index (κ1) is 8.49. The molecule has 0 spiro atoms. The minimum atomic E-state index is 0.829. The van der Waals surface area contributed by atoms with Crippen LogP contribution < -0.4 is 0 Å². The van der Waals surface area contributed by atoms with Crippen molar-refractivity contribution in [1.29, 1.82) is 0 Å². The first-order valence-corrected chi connectivity index (χ1v) is 5.40. The Kier molecular flexibility index (Phi) is 1.93. The standard InChI is InChI=1S/C11H7N3S/c1-2-4-9-8(3-1)7-11(13-12-9)10-5-6-15-14-10/h1-7H. The molecule has 3 nitrogen and oxygen atoms in total. The monoisotopic (exact) mass is 213 g/mol. The number of hydrogen-bond donors (Lipinski definition) is 0. The molecule has 2 heterocycles. The van der Waals surface area contributed by atoms with Crippen molar-refractivity contribution in [1.82, 2.24) is 14.6 Å². The number of fused-ring (bicyclic) bond motifs is 1. The van der Waals surface area contributed by atoms with Crippen LogP contribution in [0.5, 0.6) is 0 Å². The van der Waals surface area contributed by atoms with E-state index in [0.29, 0.717) is 0 Å². The van der Waals surface area contributed by atoms with E-state index in [4.69, 9.17) is 0 Å². The zero-order valence-corrected chi connectivity index (χ0v) is 8.61. The van der Waals surface area contributed by atoms with Gasteiger partial charge in [-0.05, 0) is 29.7 Å². The molecule has 0 radical (unpaired) electrons. The van der Waals surface area contributed by atoms with Gasteiger partial charge in [-0.25, -0.2) is 0 Å². The minimum absolute atomic E-state index is 0.829. The Hall–Kier alpha value is -1.81. The van der Waals surface area contributed by atoms with E-state index in [1.165, 1.54) is 11.5 Å². The summed E-state index contributed by atoms with van der Waals surface area (Å²) in [7, 11) is 0. The molecule has 72 valence electrons. The van der Waals surface area contributed by atoms with E-state index < -0.39 is 0 Å². The highest BCUT2D eigenvalue weighted by molar-refractivity contribution is 7.03. The van der Waals surface area contributed by atoms with E-state index in [0.717, 1.165) is 22.3 Å². The molecule has 0 amide bonds. The van der Waals surface area contributed by atoms with E-state index in [-0.39, 0.29) is 0 Å². The SMILES string of the molecule is c1ccc2nnc(-c3ccsn3)cc2c1. The van der Waals surface area contributed by atoms with Crippen LogP contribution in [0.15, 0.2) is 41.8 Å². The average molecular weight is 213 g/mol. The summed E-state index contributed by atoms with van der Waals surface area (Å²) in [5.41, 5.74) is 2.63. The molecule has 0 unspecified atom stereocenters. The van der Waals surface area contributed by atoms with E-state index in [1.807, 2.05) is 41.8 Å². The smallest absolute Gasteiger partial charge is 0.113 e. The highest BCUT2D eigenvalue weighted by Crippen LogP contribution is 2.19. The summed E-state index contributed by atoms with van der Waals surface area (Å²) in [6.45, 7) is 0. The molecular formula is C11H7N3S. The van der Waals surface area contributed by atoms with Crippen molar-refractivity contribution in [2.45, 2.75) is 0 Å². The molecule has 1 aromatic carbocycles. The van der Waals surface area contributed by atoms with Gasteiger partial charge in [0.1, 0.15) is 11.4 Å². The predicted octanol–water partition coefficient (Wildman–Crippen LogP) is 2.75. The maximum Gasteiger partial charge on any atom is 0.113 e. The third-order valence-corrected chi connectivity index (χ3v) is 2.75. The molecule has 3 aromatic rings. The summed E-state index contributed by atoms with van der Waals surface area (Å²) in [6, 6.07) is 11.9. The molecule has 0 N–H and O–H groups in total. The fourth-order valence-electron chi connectivity index (χ4n) is 1.45. The molecule has 0 bridgehead atoms. The van der Waals surface area contributed by atoms with Gasteiger partial charge in [-0.1, -0.05) is 18.2 Å². The second-order valence-corrected chi connectivity index (χ2v) is 3.84. The van der Waals surface area contributed by atoms with E-state index in [2.05, 4.69) is 14.6 Å². The molecule has 0 saturated carbocycles. The van der Waals surface area contributed by atoms with Gasteiger partial charge in [0, 0.05) is 10.8 Å². The molecule has 0 fully saturated rings. The lowest BCUT2D eigenvalue weighted by Crippen LogP contribution is -1.88. The van der Waals surface area contributed by atoms with Crippen LogP contribution in [0.4, 0.5) is 0 Å². The topological polar surface area (TPSA) is 38.7 Å². The van der Waals surface area contributed by atoms with Crippen molar-refractivity contribution < 1.29 is 0 Å². The molecular weight excluding hydrogens is 206 g/mol. The van der Waals surface area contributed by atoms with Crippen molar-refractivity contribution in [2.75, 3.05) is 0 Å². The third kappa shape index (κ3) is 1.49. The van der Waals surface area contributed by atoms with Crippen LogP contribution in [0.1, 0.15) is 0 Å². The summed E-state index contributed by atoms with van der Waals surface area (Å²) in [5.74, 6) is 0. The number of aromatic nitrogens is 3. The quantitative estimate of drug-likeness (QED) is 0.624. The molecule has 15 heavy (non-hydrogen) atoms. The van der Waals surface area contributed by atoms with E-state index in [1.54, 1.807) is 0 Å². The molecule has 0 aliphatic heterocycles. The summed E-state index contributed by atoms with van der Waals surface area (Å²) in [6.07, 6.45) is 0. The molecule has 0 aliphatic carbocycles. The van der Waals surface area contributed by atoms with Crippen molar-refractivity contribution in [3.8, 4) is 11.4 Å². The maximum atomic E-state index is 4.23. The van der Waals surface area contributed by atoms with Crippen LogP contribution in [-0.2, 0) is 0 Å². The Balaban J connectivity index is 2.22. The van der Waals surface area contributed by atoms with Gasteiger partial charge < -0.3 is 0 Å². The lowest BCUT2D eigenvalue weighted by molar-refractivity contribution is 1.08. The van der Waals surface area contributed by atoms with Crippen LogP contribution in [0.25, 0.3) is 22.3 Å². The molecule has 0 atom stereocenters. The summed E-state index contributed by atoms with van der Waals surface area (Å²) in [5, 5.41) is 11.3. The van der Waals surface area contributed by atoms with Gasteiger partial charge in [-0.3, -0.25) is 0 Å². The number of hydrogen-bond acceptors (Lipinski definition) is 4. The Morgan fingerprint density at radius 1 is 0.933 bits per heavy atom. The van der Waals surface area contributed by atoms with Crippen molar-refractivity contribution in [3.05, 3.63) is 41.8 Å². The second kappa shape index (κ2) is 3.40. The Morgan fingerprint density at radius 3 is 2.73 bits per heavy atom. The van der Waals surface area contributed by atoms with Crippen LogP contribution in [-0.4, -0.2) is 14.6 Å². The zero-order chi connectivity index (χ0) is 10.1. The van der Waals surface area contributed by atoms with Crippen molar-refractivity contribution >= 4 is 22.4 Å². The van der Waals surface area contributed by atoms with Gasteiger partial charge in [0.25, 0.3) is 0 Å². The van der Waals surface area contributed by atoms with Gasteiger partial charge in [-0.15, -0.1) is 10.2 Å². The highest BCUT2D eigenvalue weighted by atomic mass is 32.1. The highest BCUT2D eigenvalue weighted by Gasteiger charge is 2.03. The van der Waals surface area contributed by atoms with E-state index in [9.17, 15) is 0 Å². The fourth-order valence-corrected chi connectivity index (χ4v) is 1.97. The van der Waals surface area contributed by atoms with Crippen LogP contribution in [0.2, 0.25) is 0 Å². The fraction of sp³-hybridized carbons (Fsp3) is 0. The molecule has 0 saturated heterocycles. The zero-order valence-electron chi connectivity index (χ0n) is 7.79. The van der Waals surface area contributed by atoms with Crippen LogP contribution in [0, 0.1) is 0 Å². The second-order valence-electron chi connectivity index (χ2n) is 3.17. The molecule has 4 heteroatoms. The van der Waals surface area contributed by atoms with Crippen LogP contribution in [0.3, 0.4) is 0 Å². The van der Waals surface area contributed by atoms with Gasteiger partial charge in [0.15, 0.2) is 0 Å². The molecule has 0 aliphatic rings. The maximum absolute atomic E-state index is 4.23. The summed E-state index contributed by atoms with van der Waals surface area (Å²) >= 11 is 1.42. The lowest BCUT2D eigenvalue weighted by Gasteiger charge is -1.97. The summed E-state index contributed by atoms with van der Waals surface area (Å²) in [4.78, 5) is 0. The Labute approximate surface area is 90.6 Å². The normalized spacial score (nSPS) is 10.7. The first-order chi connectivity index (χ1) is 7.43. The molecule has 3 rings (SSSR count). The van der Waals surface area contributed by atoms with Gasteiger partial charge in [0.05, 0.1) is 5.52 Å². The first-order valence-electron chi connectivity index (χ1n) is 4.57. The third-order valence-electron chi connectivity index (χ3n) is 2.19. The number of nitrogens with zero attached hydrogens (tertiary/aromatic N) is 3. The lowest BCUT2D eigenvalue weighted by atomic mass is 10.2. The average Bonchev–Trinajstić information content (AvgIpc) is 2.82. The number of rotatable bonds is 1. The van der Waals surface area contributed by atoms with E-state index >= 15 is 0 Å². The minimum Gasteiger partial charge on any atom is -0.191 e.